The fourth-order valence-electron chi connectivity index (χ4n) is 2.61. The van der Waals surface area contributed by atoms with E-state index in [4.69, 9.17) is 5.11 Å². The number of aliphatic hydroxyl groups is 2. The summed E-state index contributed by atoms with van der Waals surface area (Å²) in [7, 11) is 0. The van der Waals surface area contributed by atoms with Gasteiger partial charge in [-0.1, -0.05) is 84.5 Å². The second-order valence-corrected chi connectivity index (χ2v) is 5.66. The highest BCUT2D eigenvalue weighted by atomic mass is 16.3. The van der Waals surface area contributed by atoms with Crippen LogP contribution in [0.4, 0.5) is 0 Å². The van der Waals surface area contributed by atoms with Gasteiger partial charge in [0.15, 0.2) is 0 Å². The Labute approximate surface area is 138 Å². The highest BCUT2D eigenvalue weighted by molar-refractivity contribution is 5.28. The summed E-state index contributed by atoms with van der Waals surface area (Å²) in [6, 6.07) is 18.2. The number of aliphatic hydroxyl groups excluding tert-OH is 2. The van der Waals surface area contributed by atoms with Crippen LogP contribution in [-0.4, -0.2) is 22.9 Å². The smallest absolute Gasteiger partial charge is 0.0824 e. The second-order valence-electron chi connectivity index (χ2n) is 5.66. The maximum atomic E-state index is 10.5. The summed E-state index contributed by atoms with van der Waals surface area (Å²) in [5.41, 5.74) is 3.50. The van der Waals surface area contributed by atoms with Gasteiger partial charge in [-0.3, -0.25) is 0 Å². The monoisotopic (exact) mass is 308 g/mol. The minimum absolute atomic E-state index is 0.0247. The standard InChI is InChI=1S/C21H24O2/c1-17-8-5-9-18(16-17)10-6-14-21(23)20(13-7-15-22)19-11-3-2-4-12-19/h2-9,11-14,16,20-23H,10,15H2,1H3. The van der Waals surface area contributed by atoms with Crippen LogP contribution in [0.3, 0.4) is 0 Å². The van der Waals surface area contributed by atoms with Gasteiger partial charge in [-0.05, 0) is 24.5 Å². The molecule has 2 heteroatoms. The van der Waals surface area contributed by atoms with E-state index in [9.17, 15) is 5.11 Å². The van der Waals surface area contributed by atoms with Crippen LogP contribution in [0, 0.1) is 6.92 Å². The Kier molecular flexibility index (Phi) is 6.79. The van der Waals surface area contributed by atoms with Gasteiger partial charge in [0, 0.05) is 5.92 Å². The Morgan fingerprint density at radius 1 is 0.957 bits per heavy atom. The van der Waals surface area contributed by atoms with Crippen molar-refractivity contribution in [2.75, 3.05) is 6.61 Å². The van der Waals surface area contributed by atoms with E-state index in [1.165, 1.54) is 11.1 Å². The summed E-state index contributed by atoms with van der Waals surface area (Å²) in [5.74, 6) is -0.155. The molecule has 0 fully saturated rings. The van der Waals surface area contributed by atoms with E-state index < -0.39 is 6.10 Å². The van der Waals surface area contributed by atoms with Gasteiger partial charge in [-0.25, -0.2) is 0 Å². The molecule has 0 heterocycles. The summed E-state index contributed by atoms with van der Waals surface area (Å²) in [4.78, 5) is 0. The summed E-state index contributed by atoms with van der Waals surface area (Å²) in [5, 5.41) is 19.5. The molecule has 0 aromatic heterocycles. The van der Waals surface area contributed by atoms with E-state index in [2.05, 4.69) is 25.1 Å². The molecule has 2 N–H and O–H groups in total. The summed E-state index contributed by atoms with van der Waals surface area (Å²) >= 11 is 0. The molecule has 0 radical (unpaired) electrons. The third-order valence-electron chi connectivity index (χ3n) is 3.77. The van der Waals surface area contributed by atoms with Crippen molar-refractivity contribution in [1.29, 1.82) is 0 Å². The molecule has 2 unspecified atom stereocenters. The molecule has 23 heavy (non-hydrogen) atoms. The van der Waals surface area contributed by atoms with Crippen molar-refractivity contribution in [2.45, 2.75) is 25.4 Å². The Bertz CT molecular complexity index is 644. The van der Waals surface area contributed by atoms with Crippen LogP contribution in [0.5, 0.6) is 0 Å². The molecule has 2 atom stereocenters. The van der Waals surface area contributed by atoms with E-state index >= 15 is 0 Å². The quantitative estimate of drug-likeness (QED) is 0.764. The number of aryl methyl sites for hydroxylation is 1. The average Bonchev–Trinajstić information content (AvgIpc) is 2.56. The van der Waals surface area contributed by atoms with Gasteiger partial charge in [0.05, 0.1) is 12.7 Å². The maximum Gasteiger partial charge on any atom is 0.0824 e. The van der Waals surface area contributed by atoms with E-state index in [1.54, 1.807) is 6.08 Å². The van der Waals surface area contributed by atoms with Crippen molar-refractivity contribution in [3.05, 3.63) is 95.6 Å². The first-order valence-electron chi connectivity index (χ1n) is 7.93. The predicted octanol–water partition coefficient (Wildman–Crippen LogP) is 3.79. The number of hydrogen-bond acceptors (Lipinski definition) is 2. The Morgan fingerprint density at radius 2 is 1.74 bits per heavy atom. The molecule has 2 rings (SSSR count). The van der Waals surface area contributed by atoms with Crippen LogP contribution >= 0.6 is 0 Å². The molecular formula is C21H24O2. The first kappa shape index (κ1) is 17.2. The Hall–Kier alpha value is -2.16. The SMILES string of the molecule is Cc1cccc(CC=CC(O)C(C=CCO)c2ccccc2)c1. The van der Waals surface area contributed by atoms with Gasteiger partial charge in [0.1, 0.15) is 0 Å². The third kappa shape index (κ3) is 5.51. The zero-order valence-electron chi connectivity index (χ0n) is 13.5. The van der Waals surface area contributed by atoms with E-state index in [1.807, 2.05) is 54.6 Å². The first-order chi connectivity index (χ1) is 11.2. The molecule has 0 spiro atoms. The second kappa shape index (κ2) is 9.09. The van der Waals surface area contributed by atoms with Crippen molar-refractivity contribution in [3.8, 4) is 0 Å². The minimum Gasteiger partial charge on any atom is -0.392 e. The number of allylic oxidation sites excluding steroid dienone is 1. The Morgan fingerprint density at radius 3 is 2.43 bits per heavy atom. The van der Waals surface area contributed by atoms with Crippen molar-refractivity contribution in [1.82, 2.24) is 0 Å². The fraction of sp³-hybridized carbons (Fsp3) is 0.238. The van der Waals surface area contributed by atoms with E-state index in [-0.39, 0.29) is 12.5 Å². The van der Waals surface area contributed by atoms with Crippen LogP contribution in [0.1, 0.15) is 22.6 Å². The summed E-state index contributed by atoms with van der Waals surface area (Å²) < 4.78 is 0. The van der Waals surface area contributed by atoms with Gasteiger partial charge in [0.2, 0.25) is 0 Å². The molecule has 2 nitrogen and oxygen atoms in total. The van der Waals surface area contributed by atoms with Crippen LogP contribution < -0.4 is 0 Å². The Balaban J connectivity index is 2.06. The first-order valence-corrected chi connectivity index (χ1v) is 7.93. The zero-order valence-corrected chi connectivity index (χ0v) is 13.5. The predicted molar refractivity (Wildman–Crippen MR) is 95.4 cm³/mol. The molecule has 0 aliphatic heterocycles. The van der Waals surface area contributed by atoms with Gasteiger partial charge in [-0.15, -0.1) is 0 Å². The lowest BCUT2D eigenvalue weighted by Crippen LogP contribution is -2.14. The van der Waals surface area contributed by atoms with Crippen molar-refractivity contribution >= 4 is 0 Å². The molecular weight excluding hydrogens is 284 g/mol. The topological polar surface area (TPSA) is 40.5 Å². The van der Waals surface area contributed by atoms with Gasteiger partial charge >= 0.3 is 0 Å². The zero-order chi connectivity index (χ0) is 16.5. The molecule has 0 saturated carbocycles. The van der Waals surface area contributed by atoms with Gasteiger partial charge in [0.25, 0.3) is 0 Å². The highest BCUT2D eigenvalue weighted by Gasteiger charge is 2.15. The lowest BCUT2D eigenvalue weighted by Gasteiger charge is -2.17. The fourth-order valence-corrected chi connectivity index (χ4v) is 2.61. The molecule has 2 aromatic rings. The molecule has 2 aromatic carbocycles. The minimum atomic E-state index is -0.620. The van der Waals surface area contributed by atoms with Crippen molar-refractivity contribution < 1.29 is 10.2 Å². The van der Waals surface area contributed by atoms with Crippen molar-refractivity contribution in [3.63, 3.8) is 0 Å². The molecule has 0 bridgehead atoms. The van der Waals surface area contributed by atoms with Crippen molar-refractivity contribution in [2.24, 2.45) is 0 Å². The highest BCUT2D eigenvalue weighted by Crippen LogP contribution is 2.22. The lowest BCUT2D eigenvalue weighted by molar-refractivity contribution is 0.206. The van der Waals surface area contributed by atoms with Crippen LogP contribution in [-0.2, 0) is 6.42 Å². The van der Waals surface area contributed by atoms with Gasteiger partial charge in [-0.2, -0.15) is 0 Å². The maximum absolute atomic E-state index is 10.5. The molecule has 0 aliphatic carbocycles. The van der Waals surface area contributed by atoms with E-state index in [0.29, 0.717) is 0 Å². The third-order valence-corrected chi connectivity index (χ3v) is 3.77. The largest absolute Gasteiger partial charge is 0.392 e. The molecule has 0 saturated heterocycles. The molecule has 0 amide bonds. The molecule has 120 valence electrons. The van der Waals surface area contributed by atoms with Crippen LogP contribution in [0.15, 0.2) is 78.9 Å². The lowest BCUT2D eigenvalue weighted by atomic mass is 9.92. The normalized spacial score (nSPS) is 14.4. The number of hydrogen-bond donors (Lipinski definition) is 2. The van der Waals surface area contributed by atoms with Gasteiger partial charge < -0.3 is 10.2 Å². The summed E-state index contributed by atoms with van der Waals surface area (Å²) in [6.07, 6.45) is 7.55. The van der Waals surface area contributed by atoms with E-state index in [0.717, 1.165) is 12.0 Å². The molecule has 0 aliphatic rings. The van der Waals surface area contributed by atoms with Crippen LogP contribution in [0.2, 0.25) is 0 Å². The summed E-state index contributed by atoms with van der Waals surface area (Å²) in [6.45, 7) is 2.05. The average molecular weight is 308 g/mol. The number of benzene rings is 2. The van der Waals surface area contributed by atoms with Crippen LogP contribution in [0.25, 0.3) is 0 Å². The number of rotatable bonds is 7.